The van der Waals surface area contributed by atoms with Crippen molar-refractivity contribution in [2.45, 2.75) is 0 Å². The molecule has 5 heteroatoms. The topological polar surface area (TPSA) is 63.2 Å². The molecular weight excluding hydrogens is 331 g/mol. The van der Waals surface area contributed by atoms with Crippen LogP contribution in [-0.4, -0.2) is 41.8 Å². The quantitative estimate of drug-likeness (QED) is 0.438. The second kappa shape index (κ2) is 5.16. The van der Waals surface area contributed by atoms with E-state index in [1.165, 1.54) is 0 Å². The first-order chi connectivity index (χ1) is 1.73. The molecule has 0 atom stereocenters. The Morgan fingerprint density at radius 2 is 1.40 bits per heavy atom. The summed E-state index contributed by atoms with van der Waals surface area (Å²) in [6.45, 7) is 0. The van der Waals surface area contributed by atoms with Crippen molar-refractivity contribution in [2.75, 3.05) is 0 Å². The van der Waals surface area contributed by atoms with Crippen LogP contribution in [0.25, 0.3) is 0 Å². The van der Waals surface area contributed by atoms with Gasteiger partial charge >= 0.3 is 54.0 Å². The standard InChI is InChI=1S/H2O3Se.Tl/c1-4(2)3;/h(H2,1,2,3);/q;+1/p-2. The molecule has 5 heavy (non-hydrogen) atoms. The summed E-state index contributed by atoms with van der Waals surface area (Å²) in [7, 11) is 0. The number of hydrogen-bond donors (Lipinski definition) is 0. The van der Waals surface area contributed by atoms with E-state index in [0.717, 1.165) is 0 Å². The summed E-state index contributed by atoms with van der Waals surface area (Å²) in [6.07, 6.45) is 0. The fraction of sp³-hybridized carbons (Fsp3) is 0. The van der Waals surface area contributed by atoms with Gasteiger partial charge in [-0.3, -0.25) is 0 Å². The van der Waals surface area contributed by atoms with Crippen LogP contribution in [0.2, 0.25) is 0 Å². The van der Waals surface area contributed by atoms with Gasteiger partial charge in [-0.25, -0.2) is 0 Å². The molecule has 0 heterocycles. The number of hydrogen-bond acceptors (Lipinski definition) is 3. The second-order valence-corrected chi connectivity index (χ2v) is 1.06. The van der Waals surface area contributed by atoms with Crippen LogP contribution in [0.1, 0.15) is 0 Å². The summed E-state index contributed by atoms with van der Waals surface area (Å²) in [5.74, 6) is 0. The Bertz CT molecular complexity index is 29.9. The number of rotatable bonds is 0. The Labute approximate surface area is 53.9 Å². The van der Waals surface area contributed by atoms with Crippen LogP contribution in [-0.2, 0) is 3.83 Å². The van der Waals surface area contributed by atoms with E-state index in [0.29, 0.717) is 0 Å². The van der Waals surface area contributed by atoms with Crippen LogP contribution in [0.15, 0.2) is 0 Å². The third kappa shape index (κ3) is 38.2. The molecule has 0 rings (SSSR count). The summed E-state index contributed by atoms with van der Waals surface area (Å²) < 4.78 is 25.6. The maximum absolute atomic E-state index is 8.54. The van der Waals surface area contributed by atoms with Gasteiger partial charge in [0.15, 0.2) is 0 Å². The maximum atomic E-state index is 8.54. The minimum Gasteiger partial charge on any atom is 1.00 e. The second-order valence-electron chi connectivity index (χ2n) is 0.204. The molecule has 0 aliphatic carbocycles. The zero-order chi connectivity index (χ0) is 3.58. The van der Waals surface area contributed by atoms with Crippen molar-refractivity contribution in [3.63, 3.8) is 0 Å². The fourth-order valence-electron chi connectivity index (χ4n) is 0. The molecular formula is O3SeTl-. The Morgan fingerprint density at radius 1 is 1.40 bits per heavy atom. The summed E-state index contributed by atoms with van der Waals surface area (Å²) in [4.78, 5) is 0. The van der Waals surface area contributed by atoms with Crippen LogP contribution >= 0.6 is 0 Å². The monoisotopic (exact) mass is 333 g/mol. The van der Waals surface area contributed by atoms with Crippen LogP contribution < -0.4 is 8.38 Å². The van der Waals surface area contributed by atoms with Crippen molar-refractivity contribution in [1.82, 2.24) is 0 Å². The van der Waals surface area contributed by atoms with Crippen LogP contribution in [0.4, 0.5) is 0 Å². The van der Waals surface area contributed by atoms with Crippen molar-refractivity contribution < 1.29 is 12.2 Å². The summed E-state index contributed by atoms with van der Waals surface area (Å²) >= 11 is -3.79. The molecule has 0 bridgehead atoms. The molecule has 0 aliphatic rings. The van der Waals surface area contributed by atoms with E-state index < -0.39 is 14.5 Å². The van der Waals surface area contributed by atoms with E-state index >= 15 is 0 Å². The minimum absolute atomic E-state index is 0. The molecule has 0 saturated carbocycles. The van der Waals surface area contributed by atoms with Gasteiger partial charge in [0.05, 0.1) is 0 Å². The average molecular weight is 331 g/mol. The van der Waals surface area contributed by atoms with Gasteiger partial charge in [0.1, 0.15) is 0 Å². The van der Waals surface area contributed by atoms with Crippen molar-refractivity contribution in [1.29, 1.82) is 0 Å². The van der Waals surface area contributed by atoms with Gasteiger partial charge in [-0.05, 0) is 0 Å². The van der Waals surface area contributed by atoms with E-state index in [4.69, 9.17) is 12.2 Å². The van der Waals surface area contributed by atoms with Crippen molar-refractivity contribution in [2.24, 2.45) is 0 Å². The van der Waals surface area contributed by atoms with Crippen LogP contribution in [0.5, 0.6) is 0 Å². The van der Waals surface area contributed by atoms with E-state index in [9.17, 15) is 0 Å². The Hall–Kier alpha value is 1.16. The smallest absolute Gasteiger partial charge is 1.00 e. The zero-order valence-corrected chi connectivity index (χ0v) is 8.41. The van der Waals surface area contributed by atoms with Crippen LogP contribution in [0.3, 0.4) is 0 Å². The van der Waals surface area contributed by atoms with Crippen molar-refractivity contribution in [3.05, 3.63) is 0 Å². The predicted molar refractivity (Wildman–Crippen MR) is 12.2 cm³/mol. The molecule has 0 saturated heterocycles. The molecule has 0 fully saturated rings. The van der Waals surface area contributed by atoms with E-state index in [-0.39, 0.29) is 27.3 Å². The average Bonchev–Trinajstić information content (AvgIpc) is 0.811. The fourth-order valence-corrected chi connectivity index (χ4v) is 0. The van der Waals surface area contributed by atoms with Gasteiger partial charge in [-0.15, -0.1) is 0 Å². The van der Waals surface area contributed by atoms with E-state index in [1.54, 1.807) is 0 Å². The Kier molecular flexibility index (Phi) is 9.78. The maximum Gasteiger partial charge on any atom is 1.00 e. The summed E-state index contributed by atoms with van der Waals surface area (Å²) in [6, 6.07) is 0. The first kappa shape index (κ1) is 9.48. The largest absolute Gasteiger partial charge is 1.00 e. The molecule has 0 unspecified atom stereocenters. The molecule has 0 N–H and O–H groups in total. The van der Waals surface area contributed by atoms with Gasteiger partial charge in [-0.2, -0.15) is 0 Å². The van der Waals surface area contributed by atoms with Gasteiger partial charge in [0, 0.05) is 0 Å². The molecule has 28 valence electrons. The third-order valence-electron chi connectivity index (χ3n) is 0. The zero-order valence-electron chi connectivity index (χ0n) is 2.21. The summed E-state index contributed by atoms with van der Waals surface area (Å²) in [5, 5.41) is 0. The van der Waals surface area contributed by atoms with Gasteiger partial charge < -0.3 is 0 Å². The molecule has 3 nitrogen and oxygen atoms in total. The minimum atomic E-state index is -3.79. The van der Waals surface area contributed by atoms with Gasteiger partial charge in [0.25, 0.3) is 0 Å². The van der Waals surface area contributed by atoms with Crippen molar-refractivity contribution in [3.8, 4) is 0 Å². The third-order valence-corrected chi connectivity index (χ3v) is 0. The molecule has 0 aromatic carbocycles. The van der Waals surface area contributed by atoms with E-state index in [2.05, 4.69) is 0 Å². The van der Waals surface area contributed by atoms with Gasteiger partial charge in [0.2, 0.25) is 0 Å². The Morgan fingerprint density at radius 3 is 1.40 bits per heavy atom. The first-order valence-corrected chi connectivity index (χ1v) is 2.60. The van der Waals surface area contributed by atoms with Crippen molar-refractivity contribution >= 4 is 41.8 Å². The summed E-state index contributed by atoms with van der Waals surface area (Å²) in [5.41, 5.74) is 0. The Balaban J connectivity index is 0. The molecule has 0 radical (unpaired) electrons. The molecule has 0 aliphatic heterocycles. The molecule has 0 aromatic heterocycles. The molecule has 0 amide bonds. The molecule has 0 aromatic rings. The first-order valence-electron chi connectivity index (χ1n) is 0.500. The van der Waals surface area contributed by atoms with Crippen LogP contribution in [0, 0.1) is 0 Å². The predicted octanol–water partition coefficient (Wildman–Crippen LogP) is -3.26. The normalized spacial score (nSPS) is 7.00. The van der Waals surface area contributed by atoms with E-state index in [1.807, 2.05) is 0 Å². The van der Waals surface area contributed by atoms with Gasteiger partial charge in [-0.1, -0.05) is 0 Å². The molecule has 0 spiro atoms. The SMILES string of the molecule is O=[Se]([O-])[O-].[Tl+].